The smallest absolute Gasteiger partial charge is 0.266 e. The normalized spacial score (nSPS) is 12.3. The Morgan fingerprint density at radius 3 is 1.63 bits per heavy atom. The summed E-state index contributed by atoms with van der Waals surface area (Å²) >= 11 is 0. The first-order valence-corrected chi connectivity index (χ1v) is 8.78. The van der Waals surface area contributed by atoms with Gasteiger partial charge in [0.25, 0.3) is 22.2 Å². The molecule has 0 aliphatic rings. The van der Waals surface area contributed by atoms with Crippen LogP contribution in [-0.4, -0.2) is 9.13 Å². The van der Waals surface area contributed by atoms with Crippen LogP contribution in [0.25, 0.3) is 27.2 Å². The van der Waals surface area contributed by atoms with Crippen LogP contribution >= 0.6 is 0 Å². The zero-order chi connectivity index (χ0) is 19.5. The SMILES string of the molecule is CCC(C)(C)n1c(=O)c2cc3c(=O)n(-c4ccccc4)c(=O)c3cc2c1=O. The van der Waals surface area contributed by atoms with E-state index in [0.717, 1.165) is 4.57 Å². The molecule has 6 nitrogen and oxygen atoms in total. The molecular weight excluding hydrogens is 344 g/mol. The number of nitrogens with zero attached hydrogens (tertiary/aromatic N) is 2. The highest BCUT2D eigenvalue weighted by atomic mass is 16.2. The van der Waals surface area contributed by atoms with Crippen molar-refractivity contribution in [2.24, 2.45) is 0 Å². The summed E-state index contributed by atoms with van der Waals surface area (Å²) in [6.45, 7) is 5.53. The van der Waals surface area contributed by atoms with E-state index < -0.39 is 27.8 Å². The Bertz CT molecular complexity index is 1320. The van der Waals surface area contributed by atoms with Crippen molar-refractivity contribution in [2.75, 3.05) is 0 Å². The van der Waals surface area contributed by atoms with Gasteiger partial charge in [-0.05, 0) is 44.5 Å². The lowest BCUT2D eigenvalue weighted by Gasteiger charge is -2.22. The van der Waals surface area contributed by atoms with Gasteiger partial charge in [-0.25, -0.2) is 4.57 Å². The number of hydrogen-bond donors (Lipinski definition) is 0. The van der Waals surface area contributed by atoms with Gasteiger partial charge in [0.2, 0.25) is 0 Å². The van der Waals surface area contributed by atoms with Gasteiger partial charge in [-0.15, -0.1) is 0 Å². The molecule has 27 heavy (non-hydrogen) atoms. The molecule has 0 atom stereocenters. The molecule has 0 amide bonds. The monoisotopic (exact) mass is 362 g/mol. The van der Waals surface area contributed by atoms with E-state index in [-0.39, 0.29) is 21.5 Å². The topological polar surface area (TPSA) is 78.1 Å². The molecule has 0 bridgehead atoms. The summed E-state index contributed by atoms with van der Waals surface area (Å²) in [5.74, 6) is 0. The fourth-order valence-corrected chi connectivity index (χ4v) is 3.49. The summed E-state index contributed by atoms with van der Waals surface area (Å²) < 4.78 is 2.29. The minimum absolute atomic E-state index is 0.153. The van der Waals surface area contributed by atoms with Crippen molar-refractivity contribution in [3.63, 3.8) is 0 Å². The average Bonchev–Trinajstić information content (AvgIpc) is 3.06. The molecule has 4 aromatic rings. The second-order valence-corrected chi connectivity index (χ2v) is 7.34. The summed E-state index contributed by atoms with van der Waals surface area (Å²) in [7, 11) is 0. The molecule has 2 heterocycles. The lowest BCUT2D eigenvalue weighted by Crippen LogP contribution is -2.40. The maximum Gasteiger partial charge on any atom is 0.266 e. The summed E-state index contributed by atoms with van der Waals surface area (Å²) in [6.07, 6.45) is 0.595. The quantitative estimate of drug-likeness (QED) is 0.559. The van der Waals surface area contributed by atoms with Gasteiger partial charge in [-0.3, -0.25) is 23.7 Å². The highest BCUT2D eigenvalue weighted by Crippen LogP contribution is 2.20. The first kappa shape index (κ1) is 17.1. The lowest BCUT2D eigenvalue weighted by molar-refractivity contribution is 0.328. The molecule has 2 aromatic heterocycles. The van der Waals surface area contributed by atoms with Gasteiger partial charge in [0, 0.05) is 5.54 Å². The molecule has 0 radical (unpaired) electrons. The van der Waals surface area contributed by atoms with E-state index in [0.29, 0.717) is 12.1 Å². The van der Waals surface area contributed by atoms with Crippen molar-refractivity contribution in [3.05, 3.63) is 83.9 Å². The molecule has 0 fully saturated rings. The lowest BCUT2D eigenvalue weighted by atomic mass is 10.0. The molecule has 0 aliphatic heterocycles. The van der Waals surface area contributed by atoms with Crippen LogP contribution in [0.3, 0.4) is 0 Å². The van der Waals surface area contributed by atoms with E-state index >= 15 is 0 Å². The molecular formula is C21H18N2O4. The van der Waals surface area contributed by atoms with Gasteiger partial charge in [0.05, 0.1) is 27.2 Å². The Hall–Kier alpha value is -3.28. The summed E-state index contributed by atoms with van der Waals surface area (Å²) in [6, 6.07) is 11.4. The zero-order valence-corrected chi connectivity index (χ0v) is 15.3. The maximum absolute atomic E-state index is 12.8. The van der Waals surface area contributed by atoms with Crippen molar-refractivity contribution in [3.8, 4) is 5.69 Å². The number of hydrogen-bond acceptors (Lipinski definition) is 4. The third-order valence-electron chi connectivity index (χ3n) is 5.38. The van der Waals surface area contributed by atoms with Gasteiger partial charge in [-0.2, -0.15) is 0 Å². The zero-order valence-electron chi connectivity index (χ0n) is 15.3. The Kier molecular flexibility index (Phi) is 3.56. The van der Waals surface area contributed by atoms with Crippen LogP contribution in [0.1, 0.15) is 27.2 Å². The third kappa shape index (κ3) is 2.26. The molecule has 0 saturated heterocycles. The third-order valence-corrected chi connectivity index (χ3v) is 5.38. The van der Waals surface area contributed by atoms with E-state index in [9.17, 15) is 19.2 Å². The van der Waals surface area contributed by atoms with Gasteiger partial charge in [-0.1, -0.05) is 25.1 Å². The first-order chi connectivity index (χ1) is 12.8. The van der Waals surface area contributed by atoms with Gasteiger partial charge in [0.1, 0.15) is 0 Å². The molecule has 6 heteroatoms. The van der Waals surface area contributed by atoms with Crippen LogP contribution in [0.2, 0.25) is 0 Å². The van der Waals surface area contributed by atoms with Gasteiger partial charge < -0.3 is 0 Å². The predicted octanol–water partition coefficient (Wildman–Crippen LogP) is 2.05. The minimum Gasteiger partial charge on any atom is -0.269 e. The Morgan fingerprint density at radius 1 is 0.741 bits per heavy atom. The van der Waals surface area contributed by atoms with Crippen molar-refractivity contribution in [2.45, 2.75) is 32.7 Å². The summed E-state index contributed by atoms with van der Waals surface area (Å²) in [4.78, 5) is 51.3. The number of aromatic nitrogens is 2. The Balaban J connectivity index is 2.14. The van der Waals surface area contributed by atoms with Crippen LogP contribution in [0.5, 0.6) is 0 Å². The Labute approximate surface area is 153 Å². The summed E-state index contributed by atoms with van der Waals surface area (Å²) in [5.41, 5.74) is -2.03. The second kappa shape index (κ2) is 5.61. The average molecular weight is 362 g/mol. The summed E-state index contributed by atoms with van der Waals surface area (Å²) in [5, 5.41) is 0.660. The van der Waals surface area contributed by atoms with Crippen molar-refractivity contribution in [1.29, 1.82) is 0 Å². The standard InChI is InChI=1S/C21H18N2O4/c1-4-21(2,3)23-19(26)15-10-13-14(11-16(15)20(23)27)18(25)22(17(13)24)12-8-6-5-7-9-12/h5-11H,4H2,1-3H3. The molecule has 0 saturated carbocycles. The van der Waals surface area contributed by atoms with E-state index in [1.807, 2.05) is 20.8 Å². The molecule has 136 valence electrons. The molecule has 0 N–H and O–H groups in total. The fourth-order valence-electron chi connectivity index (χ4n) is 3.49. The van der Waals surface area contributed by atoms with Crippen LogP contribution < -0.4 is 22.2 Å². The highest BCUT2D eigenvalue weighted by Gasteiger charge is 2.27. The first-order valence-electron chi connectivity index (χ1n) is 8.78. The molecule has 0 unspecified atom stereocenters. The minimum atomic E-state index is -0.651. The van der Waals surface area contributed by atoms with Crippen LogP contribution in [0.4, 0.5) is 0 Å². The number of para-hydroxylation sites is 1. The van der Waals surface area contributed by atoms with E-state index in [2.05, 4.69) is 0 Å². The van der Waals surface area contributed by atoms with Gasteiger partial charge in [0.15, 0.2) is 0 Å². The molecule has 2 aromatic carbocycles. The number of benzene rings is 2. The van der Waals surface area contributed by atoms with Gasteiger partial charge >= 0.3 is 0 Å². The van der Waals surface area contributed by atoms with Crippen molar-refractivity contribution >= 4 is 21.5 Å². The molecule has 4 rings (SSSR count). The van der Waals surface area contributed by atoms with E-state index in [4.69, 9.17) is 0 Å². The maximum atomic E-state index is 12.8. The Morgan fingerprint density at radius 2 is 1.19 bits per heavy atom. The predicted molar refractivity (Wildman–Crippen MR) is 106 cm³/mol. The van der Waals surface area contributed by atoms with E-state index in [1.54, 1.807) is 30.3 Å². The largest absolute Gasteiger partial charge is 0.269 e. The molecule has 0 spiro atoms. The second-order valence-electron chi connectivity index (χ2n) is 7.34. The molecule has 0 aliphatic carbocycles. The van der Waals surface area contributed by atoms with Crippen LogP contribution in [-0.2, 0) is 5.54 Å². The van der Waals surface area contributed by atoms with E-state index in [1.165, 1.54) is 16.7 Å². The van der Waals surface area contributed by atoms with Crippen molar-refractivity contribution in [1.82, 2.24) is 9.13 Å². The number of fused-ring (bicyclic) bond motifs is 2. The van der Waals surface area contributed by atoms with Crippen molar-refractivity contribution < 1.29 is 0 Å². The highest BCUT2D eigenvalue weighted by molar-refractivity contribution is 5.98. The van der Waals surface area contributed by atoms with Crippen LogP contribution in [0, 0.1) is 0 Å². The number of rotatable bonds is 3. The fraction of sp³-hybridized carbons (Fsp3) is 0.238. The van der Waals surface area contributed by atoms with Crippen LogP contribution in [0.15, 0.2) is 61.6 Å².